The molecule has 1 aromatic carbocycles. The van der Waals surface area contributed by atoms with Gasteiger partial charge in [-0.05, 0) is 30.5 Å². The topological polar surface area (TPSA) is 79.3 Å². The van der Waals surface area contributed by atoms with Crippen molar-refractivity contribution in [3.63, 3.8) is 0 Å². The Bertz CT molecular complexity index is 731. The van der Waals surface area contributed by atoms with Gasteiger partial charge in [0.15, 0.2) is 0 Å². The molecule has 1 aromatic heterocycles. The van der Waals surface area contributed by atoms with E-state index in [-0.39, 0.29) is 18.0 Å². The number of halogens is 1. The fraction of sp³-hybridized carbons (Fsp3) is 0.353. The molecule has 1 atom stereocenters. The number of carboxylic acid groups (broad SMARTS) is 1. The quantitative estimate of drug-likeness (QED) is 0.858. The fourth-order valence-electron chi connectivity index (χ4n) is 2.48. The molecule has 1 amide bonds. The number of benzene rings is 1. The fourth-order valence-corrected chi connectivity index (χ4v) is 2.48. The van der Waals surface area contributed by atoms with Gasteiger partial charge >= 0.3 is 5.97 Å². The summed E-state index contributed by atoms with van der Waals surface area (Å²) in [4.78, 5) is 27.6. The monoisotopic (exact) mass is 318 g/mol. The minimum atomic E-state index is -0.957. The Balaban J connectivity index is 2.19. The lowest BCUT2D eigenvalue weighted by Gasteiger charge is -2.15. The van der Waals surface area contributed by atoms with Crippen LogP contribution in [0.1, 0.15) is 30.6 Å². The summed E-state index contributed by atoms with van der Waals surface area (Å²) >= 11 is 0. The molecule has 0 saturated heterocycles. The van der Waals surface area contributed by atoms with Gasteiger partial charge in [0.05, 0.1) is 17.0 Å². The number of nitrogens with zero attached hydrogens (tertiary/aromatic N) is 1. The van der Waals surface area contributed by atoms with Crippen LogP contribution < -0.4 is 5.32 Å². The zero-order valence-corrected chi connectivity index (χ0v) is 13.0. The number of rotatable bonds is 6. The van der Waals surface area contributed by atoms with E-state index in [1.165, 1.54) is 12.3 Å². The maximum absolute atomic E-state index is 13.7. The van der Waals surface area contributed by atoms with Gasteiger partial charge in [-0.1, -0.05) is 19.9 Å². The predicted octanol–water partition coefficient (Wildman–Crippen LogP) is 2.85. The van der Waals surface area contributed by atoms with Crippen LogP contribution in [-0.4, -0.2) is 28.5 Å². The second kappa shape index (κ2) is 7.17. The Morgan fingerprint density at radius 3 is 2.74 bits per heavy atom. The third kappa shape index (κ3) is 4.25. The number of fused-ring (bicyclic) bond motifs is 1. The molecular formula is C17H19FN2O3. The second-order valence-corrected chi connectivity index (χ2v) is 5.90. The van der Waals surface area contributed by atoms with Crippen molar-refractivity contribution in [2.75, 3.05) is 6.54 Å². The van der Waals surface area contributed by atoms with Crippen molar-refractivity contribution in [2.24, 2.45) is 11.8 Å². The number of nitrogens with one attached hydrogen (secondary N) is 1. The van der Waals surface area contributed by atoms with Gasteiger partial charge in [-0.3, -0.25) is 14.6 Å². The number of hydrogen-bond acceptors (Lipinski definition) is 3. The molecule has 0 radical (unpaired) electrons. The van der Waals surface area contributed by atoms with E-state index in [2.05, 4.69) is 10.3 Å². The molecule has 0 saturated carbocycles. The molecule has 0 spiro atoms. The minimum Gasteiger partial charge on any atom is -0.481 e. The first-order valence-corrected chi connectivity index (χ1v) is 7.43. The van der Waals surface area contributed by atoms with E-state index in [9.17, 15) is 19.1 Å². The first-order valence-electron chi connectivity index (χ1n) is 7.43. The molecule has 2 rings (SSSR count). The van der Waals surface area contributed by atoms with Crippen LogP contribution >= 0.6 is 0 Å². The number of carbonyl (C=O) groups excluding carboxylic acids is 1. The van der Waals surface area contributed by atoms with Crippen LogP contribution in [0.25, 0.3) is 10.9 Å². The lowest BCUT2D eigenvalue weighted by atomic mass is 9.97. The Kier molecular flexibility index (Phi) is 5.26. The van der Waals surface area contributed by atoms with Crippen LogP contribution in [0.4, 0.5) is 4.39 Å². The highest BCUT2D eigenvalue weighted by Gasteiger charge is 2.21. The van der Waals surface area contributed by atoms with Crippen LogP contribution in [0, 0.1) is 17.7 Å². The van der Waals surface area contributed by atoms with E-state index >= 15 is 0 Å². The number of carbonyl (C=O) groups is 2. The molecule has 0 aliphatic heterocycles. The minimum absolute atomic E-state index is 0.00279. The average molecular weight is 318 g/mol. The standard InChI is InChI=1S/C17H19FN2O3/c1-10(2)6-12(17(22)23)9-20-16(21)14-8-13(18)7-11-4-3-5-19-15(11)14/h3-5,7-8,10,12H,6,9H2,1-2H3,(H,20,21)(H,22,23). The van der Waals surface area contributed by atoms with E-state index in [0.717, 1.165) is 6.07 Å². The molecule has 0 fully saturated rings. The summed E-state index contributed by atoms with van der Waals surface area (Å²) in [7, 11) is 0. The van der Waals surface area contributed by atoms with Crippen molar-refractivity contribution >= 4 is 22.8 Å². The van der Waals surface area contributed by atoms with Gasteiger partial charge in [-0.25, -0.2) is 4.39 Å². The van der Waals surface area contributed by atoms with Gasteiger partial charge in [-0.2, -0.15) is 0 Å². The van der Waals surface area contributed by atoms with Gasteiger partial charge < -0.3 is 10.4 Å². The number of pyridine rings is 1. The molecule has 1 unspecified atom stereocenters. The first kappa shape index (κ1) is 16.9. The van der Waals surface area contributed by atoms with E-state index in [4.69, 9.17) is 0 Å². The molecule has 0 aliphatic carbocycles. The maximum atomic E-state index is 13.7. The molecule has 2 aromatic rings. The molecule has 5 nitrogen and oxygen atoms in total. The molecule has 23 heavy (non-hydrogen) atoms. The van der Waals surface area contributed by atoms with Gasteiger partial charge in [0.25, 0.3) is 5.91 Å². The number of aromatic nitrogens is 1. The third-order valence-electron chi connectivity index (χ3n) is 3.53. The Morgan fingerprint density at radius 1 is 1.35 bits per heavy atom. The predicted molar refractivity (Wildman–Crippen MR) is 84.6 cm³/mol. The first-order chi connectivity index (χ1) is 10.9. The Hall–Kier alpha value is -2.50. The van der Waals surface area contributed by atoms with E-state index in [1.54, 1.807) is 12.1 Å². The average Bonchev–Trinajstić information content (AvgIpc) is 2.49. The van der Waals surface area contributed by atoms with Crippen molar-refractivity contribution < 1.29 is 19.1 Å². The molecule has 0 aliphatic rings. The van der Waals surface area contributed by atoms with E-state index in [1.807, 2.05) is 13.8 Å². The summed E-state index contributed by atoms with van der Waals surface area (Å²) in [5.74, 6) is -2.49. The van der Waals surface area contributed by atoms with Crippen LogP contribution in [0.15, 0.2) is 30.5 Å². The summed E-state index contributed by atoms with van der Waals surface area (Å²) in [5.41, 5.74) is 0.497. The summed E-state index contributed by atoms with van der Waals surface area (Å²) in [5, 5.41) is 12.3. The largest absolute Gasteiger partial charge is 0.481 e. The number of carboxylic acids is 1. The summed E-state index contributed by atoms with van der Waals surface area (Å²) < 4.78 is 13.7. The van der Waals surface area contributed by atoms with Gasteiger partial charge in [-0.15, -0.1) is 0 Å². The van der Waals surface area contributed by atoms with E-state index < -0.39 is 23.6 Å². The van der Waals surface area contributed by atoms with Gasteiger partial charge in [0.1, 0.15) is 5.82 Å². The second-order valence-electron chi connectivity index (χ2n) is 5.90. The third-order valence-corrected chi connectivity index (χ3v) is 3.53. The molecule has 2 N–H and O–H groups in total. The highest BCUT2D eigenvalue weighted by molar-refractivity contribution is 6.05. The summed E-state index contributed by atoms with van der Waals surface area (Å²) in [6.07, 6.45) is 1.98. The Morgan fingerprint density at radius 2 is 2.09 bits per heavy atom. The van der Waals surface area contributed by atoms with Crippen LogP contribution in [-0.2, 0) is 4.79 Å². The van der Waals surface area contributed by atoms with Crippen LogP contribution in [0.5, 0.6) is 0 Å². The number of aliphatic carboxylic acids is 1. The van der Waals surface area contributed by atoms with Crippen LogP contribution in [0.3, 0.4) is 0 Å². The van der Waals surface area contributed by atoms with Crippen molar-refractivity contribution in [3.05, 3.63) is 41.8 Å². The molecular weight excluding hydrogens is 299 g/mol. The molecule has 1 heterocycles. The zero-order chi connectivity index (χ0) is 17.0. The highest BCUT2D eigenvalue weighted by Crippen LogP contribution is 2.19. The lowest BCUT2D eigenvalue weighted by Crippen LogP contribution is -2.33. The SMILES string of the molecule is CC(C)CC(CNC(=O)c1cc(F)cc2cccnc12)C(=O)O. The highest BCUT2D eigenvalue weighted by atomic mass is 19.1. The smallest absolute Gasteiger partial charge is 0.308 e. The van der Waals surface area contributed by atoms with Crippen molar-refractivity contribution in [1.29, 1.82) is 0 Å². The maximum Gasteiger partial charge on any atom is 0.308 e. The normalized spacial score (nSPS) is 12.3. The van der Waals surface area contributed by atoms with Crippen molar-refractivity contribution in [3.8, 4) is 0 Å². The van der Waals surface area contributed by atoms with Gasteiger partial charge in [0, 0.05) is 18.1 Å². The van der Waals surface area contributed by atoms with Crippen molar-refractivity contribution in [1.82, 2.24) is 10.3 Å². The Labute approximate surface area is 133 Å². The number of hydrogen-bond donors (Lipinski definition) is 2. The van der Waals surface area contributed by atoms with Crippen LogP contribution in [0.2, 0.25) is 0 Å². The molecule has 0 bridgehead atoms. The zero-order valence-electron chi connectivity index (χ0n) is 13.0. The number of amides is 1. The lowest BCUT2D eigenvalue weighted by molar-refractivity contribution is -0.142. The molecule has 6 heteroatoms. The molecule has 122 valence electrons. The summed E-state index contributed by atoms with van der Waals surface area (Å²) in [6, 6.07) is 5.74. The van der Waals surface area contributed by atoms with E-state index in [0.29, 0.717) is 17.3 Å². The summed E-state index contributed by atoms with van der Waals surface area (Å²) in [6.45, 7) is 3.83. The van der Waals surface area contributed by atoms with Crippen molar-refractivity contribution in [2.45, 2.75) is 20.3 Å². The van der Waals surface area contributed by atoms with Gasteiger partial charge in [0.2, 0.25) is 0 Å².